The minimum Gasteiger partial charge on any atom is -0.496 e. The molecule has 1 aromatic carbocycles. The molecule has 1 aromatic heterocycles. The third-order valence-corrected chi connectivity index (χ3v) is 5.51. The smallest absolute Gasteiger partial charge is 0.244 e. The van der Waals surface area contributed by atoms with E-state index in [0.29, 0.717) is 25.1 Å². The molecule has 3 rings (SSSR count). The first-order valence-corrected chi connectivity index (χ1v) is 10.8. The number of anilines is 1. The second-order valence-electron chi connectivity index (χ2n) is 7.88. The average molecular weight is 429 g/mol. The summed E-state index contributed by atoms with van der Waals surface area (Å²) < 4.78 is 12.6. The number of benzene rings is 1. The van der Waals surface area contributed by atoms with Crippen LogP contribution in [0.5, 0.6) is 5.75 Å². The number of hydrogen-bond acceptors (Lipinski definition) is 5. The fourth-order valence-corrected chi connectivity index (χ4v) is 3.65. The molecule has 1 aliphatic rings. The highest BCUT2D eigenvalue weighted by Crippen LogP contribution is 2.19. The lowest BCUT2D eigenvalue weighted by molar-refractivity contribution is -0.131. The number of rotatable bonds is 10. The van der Waals surface area contributed by atoms with Gasteiger partial charge in [0.05, 0.1) is 25.1 Å². The molecule has 0 saturated carbocycles. The molecule has 0 spiro atoms. The maximum Gasteiger partial charge on any atom is 0.244 e. The molecule has 1 unspecified atom stereocenters. The molecule has 1 N–H and O–H groups in total. The summed E-state index contributed by atoms with van der Waals surface area (Å²) in [6.07, 6.45) is 8.66. The van der Waals surface area contributed by atoms with E-state index in [-0.39, 0.29) is 24.5 Å². The molecule has 2 heterocycles. The number of nitrogens with one attached hydrogen (secondary N) is 1. The minimum atomic E-state index is -0.110. The number of ether oxygens (including phenoxy) is 2. The molecule has 1 saturated heterocycles. The lowest BCUT2D eigenvalue weighted by atomic mass is 10.1. The molecule has 8 nitrogen and oxygen atoms in total. The van der Waals surface area contributed by atoms with Crippen LogP contribution in [0.4, 0.5) is 5.69 Å². The van der Waals surface area contributed by atoms with Gasteiger partial charge in [0, 0.05) is 32.8 Å². The molecule has 1 atom stereocenters. The molecule has 31 heavy (non-hydrogen) atoms. The monoisotopic (exact) mass is 428 g/mol. The number of carbonyl (C=O) groups is 2. The zero-order valence-electron chi connectivity index (χ0n) is 18.4. The van der Waals surface area contributed by atoms with Gasteiger partial charge in [-0.1, -0.05) is 18.2 Å². The van der Waals surface area contributed by atoms with E-state index in [1.54, 1.807) is 36.1 Å². The fraction of sp³-hybridized carbons (Fsp3) is 0.522. The van der Waals surface area contributed by atoms with Crippen LogP contribution in [0.25, 0.3) is 0 Å². The van der Waals surface area contributed by atoms with Gasteiger partial charge in [-0.3, -0.25) is 14.3 Å². The molecular weight excluding hydrogens is 396 g/mol. The lowest BCUT2D eigenvalue weighted by Gasteiger charge is -2.25. The molecule has 168 valence electrons. The summed E-state index contributed by atoms with van der Waals surface area (Å²) in [5.74, 6) is 0.648. The van der Waals surface area contributed by atoms with E-state index in [1.165, 1.54) is 6.42 Å². The van der Waals surface area contributed by atoms with Crippen LogP contribution in [0, 0.1) is 0 Å². The first-order chi connectivity index (χ1) is 15.0. The van der Waals surface area contributed by atoms with Crippen LogP contribution in [-0.4, -0.2) is 59.9 Å². The summed E-state index contributed by atoms with van der Waals surface area (Å²) in [6.45, 7) is 1.62. The summed E-state index contributed by atoms with van der Waals surface area (Å²) in [6, 6.07) is 7.66. The van der Waals surface area contributed by atoms with Crippen LogP contribution in [0.3, 0.4) is 0 Å². The molecule has 2 amide bonds. The highest BCUT2D eigenvalue weighted by molar-refractivity contribution is 5.90. The van der Waals surface area contributed by atoms with Gasteiger partial charge in [0.15, 0.2) is 0 Å². The average Bonchev–Trinajstić information content (AvgIpc) is 3.23. The van der Waals surface area contributed by atoms with Crippen LogP contribution >= 0.6 is 0 Å². The summed E-state index contributed by atoms with van der Waals surface area (Å²) in [4.78, 5) is 26.5. The van der Waals surface area contributed by atoms with Crippen molar-refractivity contribution in [3.63, 3.8) is 0 Å². The van der Waals surface area contributed by atoms with Gasteiger partial charge in [0.2, 0.25) is 11.8 Å². The first kappa shape index (κ1) is 22.8. The SMILES string of the molecule is COc1ccccc1CCC(=O)Nc1cnn(CC(=O)N(C)CCC2CCCCO2)c1. The van der Waals surface area contributed by atoms with Gasteiger partial charge in [0.1, 0.15) is 12.3 Å². The van der Waals surface area contributed by atoms with Crippen LogP contribution in [0.1, 0.15) is 37.7 Å². The molecule has 0 aliphatic carbocycles. The Bertz CT molecular complexity index is 861. The van der Waals surface area contributed by atoms with Crippen molar-refractivity contribution in [3.05, 3.63) is 42.2 Å². The molecule has 0 radical (unpaired) electrons. The van der Waals surface area contributed by atoms with Crippen molar-refractivity contribution in [1.29, 1.82) is 0 Å². The molecule has 1 aliphatic heterocycles. The first-order valence-electron chi connectivity index (χ1n) is 10.8. The van der Waals surface area contributed by atoms with Crippen molar-refractivity contribution in [2.24, 2.45) is 0 Å². The Balaban J connectivity index is 1.41. The van der Waals surface area contributed by atoms with Gasteiger partial charge in [-0.05, 0) is 43.7 Å². The third-order valence-electron chi connectivity index (χ3n) is 5.51. The van der Waals surface area contributed by atoms with Crippen molar-refractivity contribution < 1.29 is 19.1 Å². The third kappa shape index (κ3) is 7.10. The van der Waals surface area contributed by atoms with Crippen LogP contribution in [0.2, 0.25) is 0 Å². The Morgan fingerprint density at radius 1 is 1.32 bits per heavy atom. The van der Waals surface area contributed by atoms with Crippen LogP contribution < -0.4 is 10.1 Å². The lowest BCUT2D eigenvalue weighted by Crippen LogP contribution is -2.33. The summed E-state index contributed by atoms with van der Waals surface area (Å²) in [7, 11) is 3.42. The fourth-order valence-electron chi connectivity index (χ4n) is 3.65. The second-order valence-corrected chi connectivity index (χ2v) is 7.88. The Morgan fingerprint density at radius 3 is 2.94 bits per heavy atom. The summed E-state index contributed by atoms with van der Waals surface area (Å²) in [5.41, 5.74) is 1.57. The number of nitrogens with zero attached hydrogens (tertiary/aromatic N) is 3. The Hall–Kier alpha value is -2.87. The number of hydrogen-bond donors (Lipinski definition) is 1. The minimum absolute atomic E-state index is 0.0204. The maximum atomic E-state index is 12.5. The number of carbonyl (C=O) groups excluding carboxylic acids is 2. The predicted octanol–water partition coefficient (Wildman–Crippen LogP) is 2.88. The highest BCUT2D eigenvalue weighted by Gasteiger charge is 2.17. The zero-order chi connectivity index (χ0) is 22.1. The number of para-hydroxylation sites is 1. The van der Waals surface area contributed by atoms with E-state index in [1.807, 2.05) is 24.3 Å². The molecular formula is C23H32N4O4. The van der Waals surface area contributed by atoms with Gasteiger partial charge in [-0.25, -0.2) is 0 Å². The number of aromatic nitrogens is 2. The van der Waals surface area contributed by atoms with Crippen molar-refractivity contribution in [1.82, 2.24) is 14.7 Å². The van der Waals surface area contributed by atoms with E-state index in [4.69, 9.17) is 9.47 Å². The highest BCUT2D eigenvalue weighted by atomic mass is 16.5. The van der Waals surface area contributed by atoms with Gasteiger partial charge in [-0.15, -0.1) is 0 Å². The number of amides is 2. The van der Waals surface area contributed by atoms with Crippen molar-refractivity contribution in [3.8, 4) is 5.75 Å². The van der Waals surface area contributed by atoms with Gasteiger partial charge in [0.25, 0.3) is 0 Å². The number of methoxy groups -OCH3 is 1. The quantitative estimate of drug-likeness (QED) is 0.629. The predicted molar refractivity (Wildman–Crippen MR) is 118 cm³/mol. The maximum absolute atomic E-state index is 12.5. The van der Waals surface area contributed by atoms with Crippen LogP contribution in [0.15, 0.2) is 36.7 Å². The van der Waals surface area contributed by atoms with E-state index in [2.05, 4.69) is 10.4 Å². The molecule has 1 fully saturated rings. The normalized spacial score (nSPS) is 16.0. The van der Waals surface area contributed by atoms with Crippen molar-refractivity contribution in [2.75, 3.05) is 32.6 Å². The van der Waals surface area contributed by atoms with Gasteiger partial charge in [-0.2, -0.15) is 5.10 Å². The van der Waals surface area contributed by atoms with Gasteiger partial charge < -0.3 is 19.7 Å². The molecule has 2 aromatic rings. The Kier molecular flexibility index (Phi) is 8.46. The van der Waals surface area contributed by atoms with E-state index in [0.717, 1.165) is 37.2 Å². The van der Waals surface area contributed by atoms with Crippen LogP contribution in [-0.2, 0) is 27.3 Å². The zero-order valence-corrected chi connectivity index (χ0v) is 18.4. The van der Waals surface area contributed by atoms with Gasteiger partial charge >= 0.3 is 0 Å². The molecule has 8 heteroatoms. The summed E-state index contributed by atoms with van der Waals surface area (Å²) >= 11 is 0. The molecule has 0 bridgehead atoms. The number of likely N-dealkylation sites (N-methyl/N-ethyl adjacent to an activating group) is 1. The standard InChI is InChI=1S/C23H32N4O4/c1-26(13-12-20-8-5-6-14-31-20)23(29)17-27-16-19(15-24-27)25-22(28)11-10-18-7-3-4-9-21(18)30-2/h3-4,7,9,15-16,20H,5-6,8,10-14,17H2,1-2H3,(H,25,28). The topological polar surface area (TPSA) is 85.7 Å². The van der Waals surface area contributed by atoms with Crippen molar-refractivity contribution in [2.45, 2.75) is 51.2 Å². The summed E-state index contributed by atoms with van der Waals surface area (Å²) in [5, 5.41) is 7.03. The largest absolute Gasteiger partial charge is 0.496 e. The van der Waals surface area contributed by atoms with E-state index >= 15 is 0 Å². The number of aryl methyl sites for hydroxylation is 1. The van der Waals surface area contributed by atoms with Crippen molar-refractivity contribution >= 4 is 17.5 Å². The van der Waals surface area contributed by atoms with E-state index < -0.39 is 0 Å². The second kappa shape index (κ2) is 11.5. The van der Waals surface area contributed by atoms with E-state index in [9.17, 15) is 9.59 Å². The Labute approximate surface area is 183 Å². The Morgan fingerprint density at radius 2 is 2.16 bits per heavy atom.